The second-order valence-electron chi connectivity index (χ2n) is 6.54. The zero-order valence-corrected chi connectivity index (χ0v) is 14.7. The van der Waals surface area contributed by atoms with E-state index in [2.05, 4.69) is 19.9 Å². The van der Waals surface area contributed by atoms with Crippen molar-refractivity contribution in [1.82, 2.24) is 24.8 Å². The second-order valence-corrected chi connectivity index (χ2v) is 6.54. The molecular formula is C20H19N5O2. The molecule has 0 atom stereocenters. The Kier molecular flexibility index (Phi) is 4.74. The topological polar surface area (TPSA) is 91.8 Å². The van der Waals surface area contributed by atoms with Crippen LogP contribution in [-0.2, 0) is 0 Å². The van der Waals surface area contributed by atoms with E-state index in [0.29, 0.717) is 30.2 Å². The van der Waals surface area contributed by atoms with Gasteiger partial charge in [0.15, 0.2) is 5.82 Å². The van der Waals surface area contributed by atoms with Crippen LogP contribution in [0.2, 0.25) is 0 Å². The van der Waals surface area contributed by atoms with Crippen molar-refractivity contribution in [2.24, 2.45) is 0 Å². The fourth-order valence-corrected chi connectivity index (χ4v) is 3.37. The summed E-state index contributed by atoms with van der Waals surface area (Å²) in [7, 11) is 0. The largest absolute Gasteiger partial charge is 0.339 e. The summed E-state index contributed by atoms with van der Waals surface area (Å²) >= 11 is 0. The van der Waals surface area contributed by atoms with E-state index in [4.69, 9.17) is 0 Å². The van der Waals surface area contributed by atoms with Crippen LogP contribution in [0.1, 0.15) is 34.8 Å². The molecule has 0 unspecified atom stereocenters. The van der Waals surface area contributed by atoms with E-state index < -0.39 is 0 Å². The van der Waals surface area contributed by atoms with Gasteiger partial charge in [-0.2, -0.15) is 0 Å². The van der Waals surface area contributed by atoms with Gasteiger partial charge in [0.25, 0.3) is 11.5 Å². The number of hydrogen-bond donors (Lipinski definition) is 1. The number of pyridine rings is 2. The first-order valence-corrected chi connectivity index (χ1v) is 8.92. The molecule has 27 heavy (non-hydrogen) atoms. The third-order valence-corrected chi connectivity index (χ3v) is 4.80. The lowest BCUT2D eigenvalue weighted by molar-refractivity contribution is 0.0712. The van der Waals surface area contributed by atoms with Gasteiger partial charge in [-0.1, -0.05) is 6.07 Å². The van der Waals surface area contributed by atoms with E-state index in [9.17, 15) is 9.59 Å². The molecule has 0 aliphatic carbocycles. The number of amides is 1. The lowest BCUT2D eigenvalue weighted by atomic mass is 9.93. The van der Waals surface area contributed by atoms with E-state index in [1.165, 1.54) is 0 Å². The molecule has 4 heterocycles. The molecule has 1 N–H and O–H groups in total. The van der Waals surface area contributed by atoms with Crippen molar-refractivity contribution in [3.63, 3.8) is 0 Å². The van der Waals surface area contributed by atoms with Crippen LogP contribution in [0.25, 0.3) is 11.5 Å². The Bertz CT molecular complexity index is 980. The molecule has 1 amide bonds. The van der Waals surface area contributed by atoms with E-state index >= 15 is 0 Å². The van der Waals surface area contributed by atoms with Gasteiger partial charge in [-0.25, -0.2) is 4.98 Å². The predicted molar refractivity (Wildman–Crippen MR) is 100 cm³/mol. The molecule has 0 bridgehead atoms. The molecule has 0 spiro atoms. The molecule has 1 saturated heterocycles. The van der Waals surface area contributed by atoms with Crippen molar-refractivity contribution in [3.05, 3.63) is 76.6 Å². The van der Waals surface area contributed by atoms with E-state index in [1.54, 1.807) is 36.8 Å². The Morgan fingerprint density at radius 2 is 1.85 bits per heavy atom. The highest BCUT2D eigenvalue weighted by Gasteiger charge is 2.26. The van der Waals surface area contributed by atoms with Crippen molar-refractivity contribution in [2.45, 2.75) is 18.8 Å². The van der Waals surface area contributed by atoms with Crippen LogP contribution in [0, 0.1) is 0 Å². The monoisotopic (exact) mass is 361 g/mol. The maximum atomic E-state index is 12.6. The lowest BCUT2D eigenvalue weighted by Crippen LogP contribution is -2.38. The fraction of sp³-hybridized carbons (Fsp3) is 0.250. The maximum absolute atomic E-state index is 12.6. The number of rotatable bonds is 3. The minimum Gasteiger partial charge on any atom is -0.339 e. The molecule has 0 saturated carbocycles. The summed E-state index contributed by atoms with van der Waals surface area (Å²) in [6.07, 6.45) is 6.47. The summed E-state index contributed by atoms with van der Waals surface area (Å²) in [4.78, 5) is 42.1. The number of hydrogen-bond acceptors (Lipinski definition) is 5. The van der Waals surface area contributed by atoms with Crippen LogP contribution >= 0.6 is 0 Å². The molecule has 3 aromatic rings. The number of likely N-dealkylation sites (tertiary alicyclic amines) is 1. The van der Waals surface area contributed by atoms with Crippen LogP contribution in [0.3, 0.4) is 0 Å². The Morgan fingerprint density at radius 1 is 1.07 bits per heavy atom. The zero-order chi connectivity index (χ0) is 18.6. The fourth-order valence-electron chi connectivity index (χ4n) is 3.37. The van der Waals surface area contributed by atoms with Gasteiger partial charge < -0.3 is 9.88 Å². The summed E-state index contributed by atoms with van der Waals surface area (Å²) < 4.78 is 0. The predicted octanol–water partition coefficient (Wildman–Crippen LogP) is 2.25. The van der Waals surface area contributed by atoms with E-state index in [1.807, 2.05) is 23.1 Å². The highest BCUT2D eigenvalue weighted by molar-refractivity contribution is 5.94. The number of aromatic nitrogens is 4. The van der Waals surface area contributed by atoms with Gasteiger partial charge in [-0.3, -0.25) is 19.6 Å². The SMILES string of the molecule is O=C(c1ccncc1)N1CCC(c2cc(=O)[nH]c(-c3ccccn3)n2)CC1. The standard InChI is InChI=1S/C20H19N5O2/c26-18-13-17(23-19(24-18)16-3-1-2-8-22-16)14-6-11-25(12-7-14)20(27)15-4-9-21-10-5-15/h1-5,8-10,13-14H,6-7,11-12H2,(H,23,24,26). The van der Waals surface area contributed by atoms with E-state index in [0.717, 1.165) is 18.5 Å². The van der Waals surface area contributed by atoms with Crippen molar-refractivity contribution in [1.29, 1.82) is 0 Å². The Hall–Kier alpha value is -3.35. The lowest BCUT2D eigenvalue weighted by Gasteiger charge is -2.31. The summed E-state index contributed by atoms with van der Waals surface area (Å²) in [5.41, 5.74) is 1.86. The first-order chi connectivity index (χ1) is 13.2. The highest BCUT2D eigenvalue weighted by atomic mass is 16.2. The summed E-state index contributed by atoms with van der Waals surface area (Å²) in [5.74, 6) is 0.647. The highest BCUT2D eigenvalue weighted by Crippen LogP contribution is 2.27. The van der Waals surface area contributed by atoms with Crippen LogP contribution in [0.4, 0.5) is 0 Å². The first-order valence-electron chi connectivity index (χ1n) is 8.92. The van der Waals surface area contributed by atoms with Crippen molar-refractivity contribution in [2.75, 3.05) is 13.1 Å². The molecule has 7 nitrogen and oxygen atoms in total. The average molecular weight is 361 g/mol. The van der Waals surface area contributed by atoms with Gasteiger partial charge in [-0.05, 0) is 37.1 Å². The van der Waals surface area contributed by atoms with Gasteiger partial charge in [0, 0.05) is 49.2 Å². The molecule has 3 aromatic heterocycles. The van der Waals surface area contributed by atoms with E-state index in [-0.39, 0.29) is 17.4 Å². The van der Waals surface area contributed by atoms with Gasteiger partial charge in [0.05, 0.1) is 5.69 Å². The molecule has 136 valence electrons. The number of H-pyrrole nitrogens is 1. The number of carbonyl (C=O) groups excluding carboxylic acids is 1. The third-order valence-electron chi connectivity index (χ3n) is 4.80. The number of nitrogens with zero attached hydrogens (tertiary/aromatic N) is 4. The average Bonchev–Trinajstić information content (AvgIpc) is 2.74. The van der Waals surface area contributed by atoms with Crippen molar-refractivity contribution >= 4 is 5.91 Å². The Balaban J connectivity index is 1.49. The Labute approximate surface area is 156 Å². The van der Waals surface area contributed by atoms with Crippen LogP contribution in [0.15, 0.2) is 59.8 Å². The van der Waals surface area contributed by atoms with Gasteiger partial charge in [0.2, 0.25) is 0 Å². The minimum atomic E-state index is -0.184. The quantitative estimate of drug-likeness (QED) is 0.772. The molecule has 0 aromatic carbocycles. The van der Waals surface area contributed by atoms with Gasteiger partial charge in [0.1, 0.15) is 5.69 Å². The first kappa shape index (κ1) is 17.1. The number of aromatic amines is 1. The molecular weight excluding hydrogens is 342 g/mol. The van der Waals surface area contributed by atoms with Crippen LogP contribution < -0.4 is 5.56 Å². The molecule has 1 aliphatic rings. The molecule has 0 radical (unpaired) electrons. The van der Waals surface area contributed by atoms with Gasteiger partial charge >= 0.3 is 0 Å². The normalized spacial score (nSPS) is 14.9. The number of nitrogens with one attached hydrogen (secondary N) is 1. The molecule has 1 fully saturated rings. The van der Waals surface area contributed by atoms with Crippen LogP contribution in [-0.4, -0.2) is 43.8 Å². The van der Waals surface area contributed by atoms with Crippen molar-refractivity contribution in [3.8, 4) is 11.5 Å². The van der Waals surface area contributed by atoms with Crippen molar-refractivity contribution < 1.29 is 4.79 Å². The summed E-state index contributed by atoms with van der Waals surface area (Å²) in [5, 5.41) is 0. The smallest absolute Gasteiger partial charge is 0.253 e. The molecule has 1 aliphatic heterocycles. The molecule has 4 rings (SSSR count). The van der Waals surface area contributed by atoms with Crippen LogP contribution in [0.5, 0.6) is 0 Å². The minimum absolute atomic E-state index is 0.0175. The Morgan fingerprint density at radius 3 is 2.56 bits per heavy atom. The number of piperidine rings is 1. The molecule has 7 heteroatoms. The maximum Gasteiger partial charge on any atom is 0.253 e. The summed E-state index contributed by atoms with van der Waals surface area (Å²) in [6.45, 7) is 1.28. The zero-order valence-electron chi connectivity index (χ0n) is 14.7. The summed E-state index contributed by atoms with van der Waals surface area (Å²) in [6, 6.07) is 10.5. The number of carbonyl (C=O) groups is 1. The second kappa shape index (κ2) is 7.49. The third kappa shape index (κ3) is 3.76. The van der Waals surface area contributed by atoms with Gasteiger partial charge in [-0.15, -0.1) is 0 Å².